The van der Waals surface area contributed by atoms with Crippen molar-refractivity contribution in [3.8, 4) is 0 Å². The Morgan fingerprint density at radius 1 is 1.12 bits per heavy atom. The fraction of sp³-hybridized carbons (Fsp3) is 0.810. The Morgan fingerprint density at radius 2 is 1.81 bits per heavy atom. The van der Waals surface area contributed by atoms with Gasteiger partial charge in [-0.2, -0.15) is 0 Å². The van der Waals surface area contributed by atoms with Crippen LogP contribution in [0, 0.1) is 34.5 Å². The van der Waals surface area contributed by atoms with E-state index in [9.17, 15) is 19.8 Å². The van der Waals surface area contributed by atoms with Crippen molar-refractivity contribution in [1.29, 1.82) is 0 Å². The number of fused-ring (bicyclic) bond motifs is 5. The van der Waals surface area contributed by atoms with Crippen LogP contribution in [-0.2, 0) is 9.59 Å². The summed E-state index contributed by atoms with van der Waals surface area (Å²) in [5.74, 6) is 0.859. The van der Waals surface area contributed by atoms with Gasteiger partial charge in [0.15, 0.2) is 5.78 Å². The van der Waals surface area contributed by atoms with Crippen molar-refractivity contribution in [3.63, 3.8) is 0 Å². The van der Waals surface area contributed by atoms with Crippen molar-refractivity contribution in [2.45, 2.75) is 64.6 Å². The maximum atomic E-state index is 13.0. The largest absolute Gasteiger partial charge is 0.390 e. The third-order valence-electron chi connectivity index (χ3n) is 8.45. The Labute approximate surface area is 163 Å². The highest BCUT2D eigenvalue weighted by atomic mass is 79.9. The fourth-order valence-corrected chi connectivity index (χ4v) is 7.41. The van der Waals surface area contributed by atoms with Gasteiger partial charge >= 0.3 is 0 Å². The number of aliphatic hydroxyl groups excluding tert-OH is 2. The van der Waals surface area contributed by atoms with Crippen LogP contribution in [0.15, 0.2) is 11.6 Å². The average Bonchev–Trinajstić information content (AvgIpc) is 2.94. The highest BCUT2D eigenvalue weighted by Gasteiger charge is 2.61. The molecule has 0 aliphatic heterocycles. The first-order valence-electron chi connectivity index (χ1n) is 9.92. The van der Waals surface area contributed by atoms with Gasteiger partial charge in [-0.3, -0.25) is 9.59 Å². The number of rotatable bonds is 2. The Morgan fingerprint density at radius 3 is 2.50 bits per heavy atom. The van der Waals surface area contributed by atoms with Crippen LogP contribution < -0.4 is 0 Å². The molecule has 144 valence electrons. The maximum absolute atomic E-state index is 13.0. The van der Waals surface area contributed by atoms with Crippen molar-refractivity contribution in [3.05, 3.63) is 11.6 Å². The van der Waals surface area contributed by atoms with Gasteiger partial charge in [0.25, 0.3) is 0 Å². The van der Waals surface area contributed by atoms with Crippen LogP contribution in [0.25, 0.3) is 0 Å². The predicted molar refractivity (Wildman–Crippen MR) is 102 cm³/mol. The van der Waals surface area contributed by atoms with Crippen molar-refractivity contribution in [1.82, 2.24) is 0 Å². The summed E-state index contributed by atoms with van der Waals surface area (Å²) >= 11 is 3.34. The minimum atomic E-state index is -0.798. The van der Waals surface area contributed by atoms with Gasteiger partial charge in [-0.15, -0.1) is 0 Å². The molecule has 8 atom stereocenters. The summed E-state index contributed by atoms with van der Waals surface area (Å²) in [4.78, 5) is 25.4. The summed E-state index contributed by atoms with van der Waals surface area (Å²) < 4.78 is 0. The molecule has 5 heteroatoms. The van der Waals surface area contributed by atoms with Crippen LogP contribution in [-0.4, -0.2) is 39.3 Å². The zero-order valence-electron chi connectivity index (χ0n) is 15.6. The Bertz CT molecular complexity index is 673. The van der Waals surface area contributed by atoms with Crippen LogP contribution in [0.4, 0.5) is 0 Å². The van der Waals surface area contributed by atoms with Gasteiger partial charge in [-0.05, 0) is 67.3 Å². The molecule has 0 heterocycles. The van der Waals surface area contributed by atoms with Gasteiger partial charge < -0.3 is 10.2 Å². The molecule has 4 aliphatic carbocycles. The average molecular weight is 425 g/mol. The minimum Gasteiger partial charge on any atom is -0.390 e. The summed E-state index contributed by atoms with van der Waals surface area (Å²) in [6, 6.07) is 0. The van der Waals surface area contributed by atoms with Crippen molar-refractivity contribution < 1.29 is 19.8 Å². The molecule has 0 aromatic rings. The summed E-state index contributed by atoms with van der Waals surface area (Å²) in [5, 5.41) is 20.8. The van der Waals surface area contributed by atoms with E-state index in [-0.39, 0.29) is 40.2 Å². The first-order valence-corrected chi connectivity index (χ1v) is 11.0. The van der Waals surface area contributed by atoms with Crippen LogP contribution in [0.1, 0.15) is 52.4 Å². The highest BCUT2D eigenvalue weighted by Crippen LogP contribution is 2.65. The smallest absolute Gasteiger partial charge is 0.159 e. The topological polar surface area (TPSA) is 74.6 Å². The van der Waals surface area contributed by atoms with E-state index in [1.165, 1.54) is 5.57 Å². The lowest BCUT2D eigenvalue weighted by molar-refractivity contribution is -0.143. The van der Waals surface area contributed by atoms with E-state index in [4.69, 9.17) is 0 Å². The number of hydrogen-bond donors (Lipinski definition) is 2. The number of carbonyl (C=O) groups excluding carboxylic acids is 2. The zero-order chi connectivity index (χ0) is 18.9. The van der Waals surface area contributed by atoms with Gasteiger partial charge in [-0.25, -0.2) is 0 Å². The third-order valence-corrected chi connectivity index (χ3v) is 9.00. The molecule has 0 spiro atoms. The van der Waals surface area contributed by atoms with Crippen molar-refractivity contribution in [2.24, 2.45) is 34.5 Å². The molecule has 3 unspecified atom stereocenters. The molecule has 0 amide bonds. The second-order valence-corrected chi connectivity index (χ2v) is 10.1. The van der Waals surface area contributed by atoms with E-state index < -0.39 is 12.2 Å². The first kappa shape index (κ1) is 18.8. The van der Waals surface area contributed by atoms with Gasteiger partial charge in [0, 0.05) is 11.8 Å². The molecule has 26 heavy (non-hydrogen) atoms. The molecule has 0 radical (unpaired) electrons. The second-order valence-electron chi connectivity index (χ2n) is 9.56. The molecule has 4 aliphatic rings. The SMILES string of the molecule is C[C@]12C[C@H](O)[C@H](O)CC1C(=O)C=C1C2CC[C@@]2(C)C1CC[C@@H]2C(=O)CBr. The number of ketones is 2. The minimum absolute atomic E-state index is 0.0521. The van der Waals surface area contributed by atoms with Gasteiger partial charge in [0.05, 0.1) is 17.5 Å². The molecule has 0 aromatic carbocycles. The van der Waals surface area contributed by atoms with Gasteiger partial charge in [-0.1, -0.05) is 35.4 Å². The summed E-state index contributed by atoms with van der Waals surface area (Å²) in [6.45, 7) is 4.38. The van der Waals surface area contributed by atoms with E-state index >= 15 is 0 Å². The number of carbonyl (C=O) groups is 2. The lowest BCUT2D eigenvalue weighted by Crippen LogP contribution is -2.56. The maximum Gasteiger partial charge on any atom is 0.159 e. The molecule has 2 N–H and O–H groups in total. The summed E-state index contributed by atoms with van der Waals surface area (Å²) in [6.07, 6.45) is 5.02. The quantitative estimate of drug-likeness (QED) is 0.667. The van der Waals surface area contributed by atoms with Crippen molar-refractivity contribution >= 4 is 27.5 Å². The number of allylic oxidation sites excluding steroid dienone is 2. The molecule has 3 fully saturated rings. The summed E-state index contributed by atoms with van der Waals surface area (Å²) in [5.41, 5.74) is 0.901. The Hall–Kier alpha value is -0.520. The van der Waals surface area contributed by atoms with Gasteiger partial charge in [0.2, 0.25) is 0 Å². The molecule has 0 aromatic heterocycles. The second kappa shape index (κ2) is 6.25. The van der Waals surface area contributed by atoms with E-state index in [1.54, 1.807) is 0 Å². The zero-order valence-corrected chi connectivity index (χ0v) is 17.2. The van der Waals surface area contributed by atoms with Crippen molar-refractivity contribution in [2.75, 3.05) is 5.33 Å². The number of halogens is 1. The monoisotopic (exact) mass is 424 g/mol. The van der Waals surface area contributed by atoms with Crippen LogP contribution in [0.5, 0.6) is 0 Å². The first-order chi connectivity index (χ1) is 12.2. The Balaban J connectivity index is 1.72. The molecule has 0 bridgehead atoms. The predicted octanol–water partition coefficient (Wildman–Crippen LogP) is 3.04. The number of hydrogen-bond acceptors (Lipinski definition) is 4. The molecular weight excluding hydrogens is 396 g/mol. The van der Waals surface area contributed by atoms with E-state index in [2.05, 4.69) is 29.8 Å². The van der Waals surface area contributed by atoms with Gasteiger partial charge in [0.1, 0.15) is 5.78 Å². The fourth-order valence-electron chi connectivity index (χ4n) is 7.02. The van der Waals surface area contributed by atoms with Crippen LogP contribution >= 0.6 is 15.9 Å². The van der Waals surface area contributed by atoms with Crippen LogP contribution in [0.2, 0.25) is 0 Å². The lowest BCUT2D eigenvalue weighted by atomic mass is 9.47. The third kappa shape index (κ3) is 2.46. The molecular formula is C21H29BrO4. The molecule has 3 saturated carbocycles. The lowest BCUT2D eigenvalue weighted by Gasteiger charge is -2.57. The van der Waals surface area contributed by atoms with Crippen LogP contribution in [0.3, 0.4) is 0 Å². The molecule has 4 nitrogen and oxygen atoms in total. The molecule has 4 rings (SSSR count). The normalized spacial score (nSPS) is 50.5. The number of Topliss-reactive ketones (excluding diaryl/α,β-unsaturated/α-hetero) is 1. The van der Waals surface area contributed by atoms with E-state index in [1.807, 2.05) is 6.08 Å². The number of aliphatic hydroxyl groups is 2. The molecule has 0 saturated heterocycles. The number of alkyl halides is 1. The Kier molecular flexibility index (Phi) is 4.52. The standard InChI is InChI=1S/C21H29BrO4/c1-20-6-5-13-11(12(20)3-4-14(20)19(26)10-22)7-16(23)15-8-17(24)18(25)9-21(13,15)2/h7,12-15,17-18,24-25H,3-6,8-10H2,1-2H3/t12?,13?,14-,15?,17-,18+,20+,21-/m1/s1. The highest BCUT2D eigenvalue weighted by molar-refractivity contribution is 9.09. The van der Waals surface area contributed by atoms with E-state index in [0.29, 0.717) is 24.1 Å². The summed E-state index contributed by atoms with van der Waals surface area (Å²) in [7, 11) is 0. The van der Waals surface area contributed by atoms with E-state index in [0.717, 1.165) is 25.7 Å².